The van der Waals surface area contributed by atoms with Gasteiger partial charge in [-0.25, -0.2) is 4.98 Å². The first-order valence-corrected chi connectivity index (χ1v) is 8.12. The lowest BCUT2D eigenvalue weighted by Crippen LogP contribution is -2.48. The summed E-state index contributed by atoms with van der Waals surface area (Å²) in [6.07, 6.45) is 4.27. The van der Waals surface area contributed by atoms with Crippen LogP contribution in [0.15, 0.2) is 0 Å². The molecule has 0 spiro atoms. The topological polar surface area (TPSA) is 62.2 Å². The van der Waals surface area contributed by atoms with Gasteiger partial charge in [0, 0.05) is 6.42 Å². The zero-order chi connectivity index (χ0) is 14.9. The Morgan fingerprint density at radius 1 is 1.55 bits per heavy atom. The average molecular weight is 296 g/mol. The Balaban J connectivity index is 2.06. The lowest BCUT2D eigenvalue weighted by atomic mass is 9.96. The predicted molar refractivity (Wildman–Crippen MR) is 81.1 cm³/mol. The molecule has 1 aromatic rings. The molecule has 20 heavy (non-hydrogen) atoms. The highest BCUT2D eigenvalue weighted by Gasteiger charge is 2.29. The van der Waals surface area contributed by atoms with Crippen LogP contribution >= 0.6 is 11.3 Å². The molecule has 1 aliphatic carbocycles. The number of carbonyl (C=O) groups is 1. The van der Waals surface area contributed by atoms with Crippen molar-refractivity contribution in [2.45, 2.75) is 65.0 Å². The Morgan fingerprint density at radius 2 is 2.20 bits per heavy atom. The minimum atomic E-state index is -0.917. The van der Waals surface area contributed by atoms with Gasteiger partial charge in [0.05, 0.1) is 22.3 Å². The van der Waals surface area contributed by atoms with E-state index in [-0.39, 0.29) is 11.9 Å². The van der Waals surface area contributed by atoms with Gasteiger partial charge < -0.3 is 10.4 Å². The fraction of sp³-hybridized carbons (Fsp3) is 0.733. The summed E-state index contributed by atoms with van der Waals surface area (Å²) in [5.41, 5.74) is -0.117. The Morgan fingerprint density at radius 3 is 2.70 bits per heavy atom. The number of nitrogens with zero attached hydrogens (tertiary/aromatic N) is 1. The number of aryl methyl sites for hydroxylation is 1. The van der Waals surface area contributed by atoms with Crippen molar-refractivity contribution >= 4 is 17.2 Å². The molecule has 2 N–H and O–H groups in total. The van der Waals surface area contributed by atoms with Crippen LogP contribution in [-0.2, 0) is 6.42 Å². The molecule has 1 amide bonds. The molecule has 1 unspecified atom stereocenters. The van der Waals surface area contributed by atoms with Crippen molar-refractivity contribution in [3.05, 3.63) is 15.6 Å². The van der Waals surface area contributed by atoms with Crippen LogP contribution in [0.1, 0.15) is 60.4 Å². The lowest BCUT2D eigenvalue weighted by Gasteiger charge is -2.29. The first-order valence-electron chi connectivity index (χ1n) is 7.30. The molecular weight excluding hydrogens is 272 g/mol. The molecule has 1 heterocycles. The molecule has 0 saturated heterocycles. The molecule has 1 atom stereocenters. The summed E-state index contributed by atoms with van der Waals surface area (Å²) in [5, 5.41) is 14.0. The highest BCUT2D eigenvalue weighted by atomic mass is 32.1. The van der Waals surface area contributed by atoms with Crippen molar-refractivity contribution in [1.29, 1.82) is 0 Å². The fourth-order valence-electron chi connectivity index (χ4n) is 2.32. The standard InChI is InChI=1S/C15H24N2O2S/c1-5-11(15(3,4)19)17-14(18)13-9(2)16-12(20-13)8-10-6-7-10/h10-11,19H,5-8H2,1-4H3,(H,17,18). The van der Waals surface area contributed by atoms with E-state index in [0.717, 1.165) is 23.0 Å². The van der Waals surface area contributed by atoms with Crippen molar-refractivity contribution in [1.82, 2.24) is 10.3 Å². The number of nitrogens with one attached hydrogen (secondary N) is 1. The van der Waals surface area contributed by atoms with E-state index in [1.165, 1.54) is 24.2 Å². The number of aromatic nitrogens is 1. The number of amides is 1. The third-order valence-electron chi connectivity index (χ3n) is 3.77. The zero-order valence-electron chi connectivity index (χ0n) is 12.7. The van der Waals surface area contributed by atoms with Crippen molar-refractivity contribution in [2.75, 3.05) is 0 Å². The molecule has 112 valence electrons. The van der Waals surface area contributed by atoms with Gasteiger partial charge in [-0.05, 0) is 46.0 Å². The van der Waals surface area contributed by atoms with Crippen LogP contribution in [0.3, 0.4) is 0 Å². The summed E-state index contributed by atoms with van der Waals surface area (Å²) >= 11 is 1.49. The van der Waals surface area contributed by atoms with Crippen LogP contribution in [-0.4, -0.2) is 27.6 Å². The molecule has 0 bridgehead atoms. The Hall–Kier alpha value is -0.940. The summed E-state index contributed by atoms with van der Waals surface area (Å²) in [6.45, 7) is 7.28. The molecule has 0 aromatic carbocycles. The number of aliphatic hydroxyl groups is 1. The van der Waals surface area contributed by atoms with E-state index in [2.05, 4.69) is 10.3 Å². The van der Waals surface area contributed by atoms with Crippen molar-refractivity contribution in [3.63, 3.8) is 0 Å². The van der Waals surface area contributed by atoms with Gasteiger partial charge in [0.1, 0.15) is 4.88 Å². The van der Waals surface area contributed by atoms with Crippen molar-refractivity contribution in [3.8, 4) is 0 Å². The number of carbonyl (C=O) groups excluding carboxylic acids is 1. The van der Waals surface area contributed by atoms with E-state index in [1.807, 2.05) is 13.8 Å². The molecule has 1 saturated carbocycles. The van der Waals surface area contributed by atoms with Crippen molar-refractivity contribution in [2.24, 2.45) is 5.92 Å². The molecule has 1 aliphatic rings. The van der Waals surface area contributed by atoms with Crippen LogP contribution in [0, 0.1) is 12.8 Å². The molecule has 1 aromatic heterocycles. The van der Waals surface area contributed by atoms with Crippen LogP contribution in [0.4, 0.5) is 0 Å². The number of hydrogen-bond acceptors (Lipinski definition) is 4. The van der Waals surface area contributed by atoms with Gasteiger partial charge in [0.25, 0.3) is 5.91 Å². The smallest absolute Gasteiger partial charge is 0.263 e. The third kappa shape index (κ3) is 3.79. The van der Waals surface area contributed by atoms with Gasteiger partial charge in [0.2, 0.25) is 0 Å². The predicted octanol–water partition coefficient (Wildman–Crippen LogP) is 2.68. The Labute approximate surface area is 124 Å². The molecular formula is C15H24N2O2S. The van der Waals surface area contributed by atoms with Crippen LogP contribution < -0.4 is 5.32 Å². The lowest BCUT2D eigenvalue weighted by molar-refractivity contribution is 0.0338. The summed E-state index contributed by atoms with van der Waals surface area (Å²) in [7, 11) is 0. The van der Waals surface area contributed by atoms with Crippen molar-refractivity contribution < 1.29 is 9.90 Å². The molecule has 0 radical (unpaired) electrons. The number of thiazole rings is 1. The first-order chi connectivity index (χ1) is 9.31. The highest BCUT2D eigenvalue weighted by molar-refractivity contribution is 7.13. The normalized spacial score (nSPS) is 17.1. The minimum absolute atomic E-state index is 0.115. The second kappa shape index (κ2) is 5.82. The summed E-state index contributed by atoms with van der Waals surface area (Å²) in [6, 6.07) is -0.247. The van der Waals surface area contributed by atoms with Gasteiger partial charge in [-0.3, -0.25) is 4.79 Å². The second-order valence-corrected chi connectivity index (χ2v) is 7.34. The summed E-state index contributed by atoms with van der Waals surface area (Å²) in [4.78, 5) is 17.5. The largest absolute Gasteiger partial charge is 0.388 e. The van der Waals surface area contributed by atoms with Crippen LogP contribution in [0.2, 0.25) is 0 Å². The van der Waals surface area contributed by atoms with Gasteiger partial charge in [0.15, 0.2) is 0 Å². The van der Waals surface area contributed by atoms with Gasteiger partial charge in [-0.15, -0.1) is 11.3 Å². The average Bonchev–Trinajstić information content (AvgIpc) is 3.07. The van der Waals surface area contributed by atoms with Crippen LogP contribution in [0.25, 0.3) is 0 Å². The van der Waals surface area contributed by atoms with E-state index in [1.54, 1.807) is 13.8 Å². The summed E-state index contributed by atoms with van der Waals surface area (Å²) in [5.74, 6) is 0.659. The maximum absolute atomic E-state index is 12.3. The van der Waals surface area contributed by atoms with E-state index < -0.39 is 5.60 Å². The van der Waals surface area contributed by atoms with Gasteiger partial charge >= 0.3 is 0 Å². The highest BCUT2D eigenvalue weighted by Crippen LogP contribution is 2.34. The fourth-order valence-corrected chi connectivity index (χ4v) is 3.40. The molecule has 1 fully saturated rings. The molecule has 4 nitrogen and oxygen atoms in total. The van der Waals surface area contributed by atoms with E-state index in [4.69, 9.17) is 0 Å². The SMILES string of the molecule is CCC(NC(=O)c1sc(CC2CC2)nc1C)C(C)(C)O. The second-order valence-electron chi connectivity index (χ2n) is 6.26. The van der Waals surface area contributed by atoms with E-state index in [0.29, 0.717) is 11.3 Å². The Bertz CT molecular complexity index is 487. The van der Waals surface area contributed by atoms with Gasteiger partial charge in [-0.2, -0.15) is 0 Å². The quantitative estimate of drug-likeness (QED) is 0.848. The monoisotopic (exact) mass is 296 g/mol. The zero-order valence-corrected chi connectivity index (χ0v) is 13.5. The van der Waals surface area contributed by atoms with Gasteiger partial charge in [-0.1, -0.05) is 6.92 Å². The summed E-state index contributed by atoms with van der Waals surface area (Å²) < 4.78 is 0. The van der Waals surface area contributed by atoms with E-state index in [9.17, 15) is 9.90 Å². The number of rotatable bonds is 6. The molecule has 0 aliphatic heterocycles. The third-order valence-corrected chi connectivity index (χ3v) is 4.95. The maximum atomic E-state index is 12.3. The van der Waals surface area contributed by atoms with E-state index >= 15 is 0 Å². The number of hydrogen-bond donors (Lipinski definition) is 2. The maximum Gasteiger partial charge on any atom is 0.263 e. The molecule has 5 heteroatoms. The Kier molecular flexibility index (Phi) is 4.49. The van der Waals surface area contributed by atoms with Crippen LogP contribution in [0.5, 0.6) is 0 Å². The first kappa shape index (κ1) is 15.4. The molecule has 2 rings (SSSR count). The minimum Gasteiger partial charge on any atom is -0.388 e.